The summed E-state index contributed by atoms with van der Waals surface area (Å²) in [6.07, 6.45) is 1.12. The average molecular weight is 327 g/mol. The summed E-state index contributed by atoms with van der Waals surface area (Å²) in [5.41, 5.74) is 2.73. The van der Waals surface area contributed by atoms with Crippen LogP contribution in [0.25, 0.3) is 0 Å². The number of nitrogens with zero attached hydrogens (tertiary/aromatic N) is 1. The predicted octanol–water partition coefficient (Wildman–Crippen LogP) is 4.57. The smallest absolute Gasteiger partial charge is 0.0512 e. The molecule has 1 aromatic carbocycles. The van der Waals surface area contributed by atoms with Gasteiger partial charge in [-0.05, 0) is 53.9 Å². The molecule has 0 aliphatic rings. The van der Waals surface area contributed by atoms with Crippen molar-refractivity contribution in [1.29, 1.82) is 0 Å². The third-order valence-corrected chi connectivity index (χ3v) is 4.50. The van der Waals surface area contributed by atoms with Crippen LogP contribution in [0.5, 0.6) is 0 Å². The summed E-state index contributed by atoms with van der Waals surface area (Å²) in [5, 5.41) is 3.44. The number of rotatable bonds is 6. The Labute approximate surface area is 126 Å². The van der Waals surface area contributed by atoms with Gasteiger partial charge in [0.1, 0.15) is 0 Å². The lowest BCUT2D eigenvalue weighted by molar-refractivity contribution is 0.470. The van der Waals surface area contributed by atoms with Crippen molar-refractivity contribution >= 4 is 21.6 Å². The molecule has 2 nitrogen and oxygen atoms in total. The number of benzene rings is 1. The SMILES string of the molecule is CCC(C)(C)N(C)c1ccc(CNC(C)C)cc1Br. The molecule has 0 saturated carbocycles. The number of halogens is 1. The summed E-state index contributed by atoms with van der Waals surface area (Å²) in [6.45, 7) is 12.0. The molecule has 0 bridgehead atoms. The van der Waals surface area contributed by atoms with E-state index in [9.17, 15) is 0 Å². The van der Waals surface area contributed by atoms with E-state index < -0.39 is 0 Å². The Bertz CT molecular complexity index is 413. The van der Waals surface area contributed by atoms with E-state index in [-0.39, 0.29) is 5.54 Å². The van der Waals surface area contributed by atoms with Gasteiger partial charge in [-0.2, -0.15) is 0 Å². The van der Waals surface area contributed by atoms with Crippen LogP contribution in [0.3, 0.4) is 0 Å². The second-order valence-corrected chi connectivity index (χ2v) is 6.90. The van der Waals surface area contributed by atoms with Crippen molar-refractivity contribution in [1.82, 2.24) is 5.32 Å². The van der Waals surface area contributed by atoms with Crippen LogP contribution in [0.4, 0.5) is 5.69 Å². The molecular weight excluding hydrogens is 300 g/mol. The lowest BCUT2D eigenvalue weighted by atomic mass is 9.99. The number of nitrogens with one attached hydrogen (secondary N) is 1. The van der Waals surface area contributed by atoms with Gasteiger partial charge in [-0.1, -0.05) is 26.8 Å². The Balaban J connectivity index is 2.88. The molecule has 0 saturated heterocycles. The Hall–Kier alpha value is -0.540. The van der Waals surface area contributed by atoms with Crippen LogP contribution in [-0.2, 0) is 6.54 Å². The minimum atomic E-state index is 0.167. The molecule has 1 rings (SSSR count). The van der Waals surface area contributed by atoms with Crippen LogP contribution in [0, 0.1) is 0 Å². The Kier molecular flexibility index (Phi) is 5.87. The molecule has 0 heterocycles. The van der Waals surface area contributed by atoms with Gasteiger partial charge < -0.3 is 10.2 Å². The van der Waals surface area contributed by atoms with E-state index in [2.05, 4.69) is 86.0 Å². The third kappa shape index (κ3) is 4.50. The highest BCUT2D eigenvalue weighted by molar-refractivity contribution is 9.10. The number of hydrogen-bond acceptors (Lipinski definition) is 2. The molecule has 0 atom stereocenters. The highest BCUT2D eigenvalue weighted by Gasteiger charge is 2.22. The molecule has 0 aliphatic carbocycles. The summed E-state index contributed by atoms with van der Waals surface area (Å²) in [6, 6.07) is 7.14. The molecule has 0 aromatic heterocycles. The van der Waals surface area contributed by atoms with Gasteiger partial charge in [0.05, 0.1) is 5.69 Å². The number of anilines is 1. The van der Waals surface area contributed by atoms with E-state index in [1.807, 2.05) is 0 Å². The first-order chi connectivity index (χ1) is 8.77. The number of hydrogen-bond donors (Lipinski definition) is 1. The quantitative estimate of drug-likeness (QED) is 0.823. The van der Waals surface area contributed by atoms with E-state index >= 15 is 0 Å². The molecule has 19 heavy (non-hydrogen) atoms. The zero-order valence-corrected chi connectivity index (χ0v) is 14.6. The molecule has 1 aromatic rings. The third-order valence-electron chi connectivity index (χ3n) is 3.86. The van der Waals surface area contributed by atoms with Crippen LogP contribution >= 0.6 is 15.9 Å². The van der Waals surface area contributed by atoms with Gasteiger partial charge in [-0.3, -0.25) is 0 Å². The molecule has 0 amide bonds. The Morgan fingerprint density at radius 3 is 2.42 bits per heavy atom. The lowest BCUT2D eigenvalue weighted by Crippen LogP contribution is -2.40. The highest BCUT2D eigenvalue weighted by atomic mass is 79.9. The fraction of sp³-hybridized carbons (Fsp3) is 0.625. The first kappa shape index (κ1) is 16.5. The van der Waals surface area contributed by atoms with E-state index in [0.29, 0.717) is 6.04 Å². The van der Waals surface area contributed by atoms with Crippen molar-refractivity contribution in [3.05, 3.63) is 28.2 Å². The molecule has 0 unspecified atom stereocenters. The van der Waals surface area contributed by atoms with Crippen LogP contribution in [-0.4, -0.2) is 18.6 Å². The maximum atomic E-state index is 3.71. The van der Waals surface area contributed by atoms with Crippen molar-refractivity contribution in [3.8, 4) is 0 Å². The molecule has 3 heteroatoms. The summed E-state index contributed by atoms with van der Waals surface area (Å²) >= 11 is 3.71. The van der Waals surface area contributed by atoms with E-state index in [0.717, 1.165) is 13.0 Å². The zero-order valence-electron chi connectivity index (χ0n) is 13.0. The van der Waals surface area contributed by atoms with Gasteiger partial charge >= 0.3 is 0 Å². The van der Waals surface area contributed by atoms with Gasteiger partial charge in [-0.25, -0.2) is 0 Å². The van der Waals surface area contributed by atoms with Crippen LogP contribution in [0.1, 0.15) is 46.6 Å². The van der Waals surface area contributed by atoms with Gasteiger partial charge in [-0.15, -0.1) is 0 Å². The molecule has 1 N–H and O–H groups in total. The van der Waals surface area contributed by atoms with Crippen LogP contribution in [0.2, 0.25) is 0 Å². The summed E-state index contributed by atoms with van der Waals surface area (Å²) < 4.78 is 1.17. The van der Waals surface area contributed by atoms with E-state index in [1.54, 1.807) is 0 Å². The minimum Gasteiger partial charge on any atom is -0.369 e. The summed E-state index contributed by atoms with van der Waals surface area (Å²) in [4.78, 5) is 2.34. The predicted molar refractivity (Wildman–Crippen MR) is 88.9 cm³/mol. The maximum Gasteiger partial charge on any atom is 0.0512 e. The molecular formula is C16H27BrN2. The zero-order chi connectivity index (χ0) is 14.6. The molecule has 0 fully saturated rings. The molecule has 0 spiro atoms. The highest BCUT2D eigenvalue weighted by Crippen LogP contribution is 2.32. The second kappa shape index (κ2) is 6.76. The van der Waals surface area contributed by atoms with Crippen molar-refractivity contribution in [2.24, 2.45) is 0 Å². The van der Waals surface area contributed by atoms with Gasteiger partial charge in [0, 0.05) is 29.6 Å². The average Bonchev–Trinajstić information content (AvgIpc) is 2.35. The Morgan fingerprint density at radius 2 is 1.95 bits per heavy atom. The van der Waals surface area contributed by atoms with Gasteiger partial charge in [0.2, 0.25) is 0 Å². The maximum absolute atomic E-state index is 3.71. The standard InChI is InChI=1S/C16H27BrN2/c1-7-16(4,5)19(6)15-9-8-13(10-14(15)17)11-18-12(2)3/h8-10,12,18H,7,11H2,1-6H3. The van der Waals surface area contributed by atoms with Gasteiger partial charge in [0.15, 0.2) is 0 Å². The molecule has 0 aliphatic heterocycles. The fourth-order valence-electron chi connectivity index (χ4n) is 1.82. The topological polar surface area (TPSA) is 15.3 Å². The van der Waals surface area contributed by atoms with Crippen molar-refractivity contribution in [2.75, 3.05) is 11.9 Å². The molecule has 0 radical (unpaired) electrons. The lowest BCUT2D eigenvalue weighted by Gasteiger charge is -2.37. The first-order valence-electron chi connectivity index (χ1n) is 7.03. The normalized spacial score (nSPS) is 12.0. The van der Waals surface area contributed by atoms with Crippen molar-refractivity contribution in [2.45, 2.75) is 59.2 Å². The van der Waals surface area contributed by atoms with Crippen LogP contribution < -0.4 is 10.2 Å². The van der Waals surface area contributed by atoms with E-state index in [4.69, 9.17) is 0 Å². The second-order valence-electron chi connectivity index (χ2n) is 6.05. The summed E-state index contributed by atoms with van der Waals surface area (Å²) in [7, 11) is 2.16. The van der Waals surface area contributed by atoms with Gasteiger partial charge in [0.25, 0.3) is 0 Å². The summed E-state index contributed by atoms with van der Waals surface area (Å²) in [5.74, 6) is 0. The monoisotopic (exact) mass is 326 g/mol. The van der Waals surface area contributed by atoms with Crippen LogP contribution in [0.15, 0.2) is 22.7 Å². The largest absolute Gasteiger partial charge is 0.369 e. The minimum absolute atomic E-state index is 0.167. The first-order valence-corrected chi connectivity index (χ1v) is 7.83. The van der Waals surface area contributed by atoms with Crippen molar-refractivity contribution in [3.63, 3.8) is 0 Å². The van der Waals surface area contributed by atoms with Crippen molar-refractivity contribution < 1.29 is 0 Å². The fourth-order valence-corrected chi connectivity index (χ4v) is 2.51. The Morgan fingerprint density at radius 1 is 1.32 bits per heavy atom. The molecule has 108 valence electrons. The van der Waals surface area contributed by atoms with E-state index in [1.165, 1.54) is 15.7 Å².